The fourth-order valence-electron chi connectivity index (χ4n) is 2.57. The fourth-order valence-corrected chi connectivity index (χ4v) is 2.57. The molecule has 0 bridgehead atoms. The number of nitrogens with one attached hydrogen (secondary N) is 1. The van der Waals surface area contributed by atoms with Gasteiger partial charge in [-0.15, -0.1) is 0 Å². The molecule has 112 valence electrons. The number of anilines is 1. The Morgan fingerprint density at radius 1 is 1.10 bits per heavy atom. The zero-order valence-electron chi connectivity index (χ0n) is 12.5. The number of hydrogen-bond donors (Lipinski definition) is 1. The fraction of sp³-hybridized carbons (Fsp3) is 0.467. The van der Waals surface area contributed by atoms with E-state index in [0.29, 0.717) is 0 Å². The van der Waals surface area contributed by atoms with Crippen LogP contribution in [0.3, 0.4) is 0 Å². The lowest BCUT2D eigenvalue weighted by Gasteiger charge is -2.29. The Kier molecular flexibility index (Phi) is 3.79. The number of piperazine rings is 1. The molecule has 1 aromatic carbocycles. The summed E-state index contributed by atoms with van der Waals surface area (Å²) in [6, 6.07) is 8.14. The number of nitrogens with zero attached hydrogens (tertiary/aromatic N) is 4. The molecule has 0 spiro atoms. The average Bonchev–Trinajstić information content (AvgIpc) is 2.90. The van der Waals surface area contributed by atoms with Crippen LogP contribution in [-0.2, 0) is 0 Å². The lowest BCUT2D eigenvalue weighted by molar-refractivity contribution is 0.574. The predicted molar refractivity (Wildman–Crippen MR) is 83.3 cm³/mol. The lowest BCUT2D eigenvalue weighted by Crippen LogP contribution is -2.43. The summed E-state index contributed by atoms with van der Waals surface area (Å²) in [7, 11) is 0. The smallest absolute Gasteiger partial charge is 0.350 e. The van der Waals surface area contributed by atoms with Gasteiger partial charge in [0.05, 0.1) is 5.69 Å². The standard InChI is InChI=1S/C15H21N5O/c1-12(2)19-11-17-20(15(19)21)14-5-3-13(4-6-14)18-9-7-16-8-10-18/h3-6,11-12,16H,7-10H2,1-2H3. The van der Waals surface area contributed by atoms with Crippen LogP contribution in [0.15, 0.2) is 35.4 Å². The van der Waals surface area contributed by atoms with Crippen LogP contribution in [-0.4, -0.2) is 40.5 Å². The van der Waals surface area contributed by atoms with Crippen LogP contribution in [0.5, 0.6) is 0 Å². The van der Waals surface area contributed by atoms with Crippen LogP contribution in [0.4, 0.5) is 5.69 Å². The SMILES string of the molecule is CC(C)n1cnn(-c2ccc(N3CCNCC3)cc2)c1=O. The molecule has 0 saturated carbocycles. The lowest BCUT2D eigenvalue weighted by atomic mass is 10.2. The van der Waals surface area contributed by atoms with E-state index in [1.807, 2.05) is 26.0 Å². The molecule has 0 radical (unpaired) electrons. The molecule has 1 saturated heterocycles. The van der Waals surface area contributed by atoms with Crippen molar-refractivity contribution in [3.63, 3.8) is 0 Å². The highest BCUT2D eigenvalue weighted by Crippen LogP contribution is 2.17. The van der Waals surface area contributed by atoms with Crippen molar-refractivity contribution in [3.8, 4) is 5.69 Å². The third-order valence-corrected chi connectivity index (χ3v) is 3.83. The Labute approximate surface area is 124 Å². The molecule has 0 atom stereocenters. The normalized spacial score (nSPS) is 15.7. The molecule has 21 heavy (non-hydrogen) atoms. The van der Waals surface area contributed by atoms with Crippen LogP contribution in [0.1, 0.15) is 19.9 Å². The summed E-state index contributed by atoms with van der Waals surface area (Å²) in [5, 5.41) is 7.54. The molecule has 1 N–H and O–H groups in total. The summed E-state index contributed by atoms with van der Waals surface area (Å²) in [6.45, 7) is 8.00. The Morgan fingerprint density at radius 2 is 1.71 bits per heavy atom. The molecule has 1 aliphatic rings. The van der Waals surface area contributed by atoms with E-state index >= 15 is 0 Å². The van der Waals surface area contributed by atoms with E-state index in [1.54, 1.807) is 10.9 Å². The van der Waals surface area contributed by atoms with Crippen molar-refractivity contribution in [2.75, 3.05) is 31.1 Å². The molecule has 0 aliphatic carbocycles. The van der Waals surface area contributed by atoms with Crippen LogP contribution in [0.2, 0.25) is 0 Å². The molecule has 1 fully saturated rings. The molecular formula is C15H21N5O. The van der Waals surface area contributed by atoms with Crippen LogP contribution in [0.25, 0.3) is 5.69 Å². The molecule has 2 aromatic rings. The average molecular weight is 287 g/mol. The van der Waals surface area contributed by atoms with Crippen LogP contribution >= 0.6 is 0 Å². The zero-order valence-corrected chi connectivity index (χ0v) is 12.5. The third-order valence-electron chi connectivity index (χ3n) is 3.83. The van der Waals surface area contributed by atoms with Gasteiger partial charge in [-0.25, -0.2) is 4.79 Å². The van der Waals surface area contributed by atoms with Gasteiger partial charge in [-0.1, -0.05) is 0 Å². The van der Waals surface area contributed by atoms with Crippen molar-refractivity contribution in [2.45, 2.75) is 19.9 Å². The minimum Gasteiger partial charge on any atom is -0.369 e. The molecule has 1 aromatic heterocycles. The first-order valence-corrected chi connectivity index (χ1v) is 7.39. The van der Waals surface area contributed by atoms with Crippen LogP contribution < -0.4 is 15.9 Å². The molecule has 2 heterocycles. The molecule has 3 rings (SSSR count). The van der Waals surface area contributed by atoms with Crippen molar-refractivity contribution in [2.24, 2.45) is 0 Å². The predicted octanol–water partition coefficient (Wildman–Crippen LogP) is 1.02. The molecule has 0 amide bonds. The Morgan fingerprint density at radius 3 is 2.29 bits per heavy atom. The molecule has 1 aliphatic heterocycles. The van der Waals surface area contributed by atoms with E-state index < -0.39 is 0 Å². The van der Waals surface area contributed by atoms with Crippen molar-refractivity contribution >= 4 is 5.69 Å². The van der Waals surface area contributed by atoms with Gasteiger partial charge < -0.3 is 10.2 Å². The third kappa shape index (κ3) is 2.71. The van der Waals surface area contributed by atoms with Gasteiger partial charge in [-0.05, 0) is 38.1 Å². The number of aromatic nitrogens is 3. The summed E-state index contributed by atoms with van der Waals surface area (Å²) in [4.78, 5) is 14.6. The zero-order chi connectivity index (χ0) is 14.8. The molecule has 6 heteroatoms. The summed E-state index contributed by atoms with van der Waals surface area (Å²) < 4.78 is 3.08. The second kappa shape index (κ2) is 5.73. The Hall–Kier alpha value is -2.08. The highest BCUT2D eigenvalue weighted by Gasteiger charge is 2.12. The topological polar surface area (TPSA) is 55.1 Å². The van der Waals surface area contributed by atoms with E-state index in [-0.39, 0.29) is 11.7 Å². The van der Waals surface area contributed by atoms with Gasteiger partial charge in [-0.2, -0.15) is 9.78 Å². The van der Waals surface area contributed by atoms with E-state index in [9.17, 15) is 4.79 Å². The van der Waals surface area contributed by atoms with E-state index in [2.05, 4.69) is 27.4 Å². The van der Waals surface area contributed by atoms with Crippen molar-refractivity contribution in [3.05, 3.63) is 41.1 Å². The number of hydrogen-bond acceptors (Lipinski definition) is 4. The molecule has 0 unspecified atom stereocenters. The van der Waals surface area contributed by atoms with Crippen molar-refractivity contribution < 1.29 is 0 Å². The first-order valence-electron chi connectivity index (χ1n) is 7.39. The van der Waals surface area contributed by atoms with Gasteiger partial charge in [0.1, 0.15) is 6.33 Å². The monoisotopic (exact) mass is 287 g/mol. The van der Waals surface area contributed by atoms with Gasteiger partial charge >= 0.3 is 5.69 Å². The van der Waals surface area contributed by atoms with E-state index in [0.717, 1.165) is 31.9 Å². The van der Waals surface area contributed by atoms with Gasteiger partial charge in [-0.3, -0.25) is 4.57 Å². The van der Waals surface area contributed by atoms with Crippen molar-refractivity contribution in [1.29, 1.82) is 0 Å². The first kappa shape index (κ1) is 13.9. The Bertz CT molecular complexity index is 649. The van der Waals surface area contributed by atoms with E-state index in [1.165, 1.54) is 10.4 Å². The van der Waals surface area contributed by atoms with Gasteiger partial charge in [0.25, 0.3) is 0 Å². The molecular weight excluding hydrogens is 266 g/mol. The maximum atomic E-state index is 12.2. The maximum Gasteiger partial charge on any atom is 0.350 e. The maximum absolute atomic E-state index is 12.2. The number of rotatable bonds is 3. The minimum absolute atomic E-state index is 0.0973. The van der Waals surface area contributed by atoms with Crippen molar-refractivity contribution in [1.82, 2.24) is 19.7 Å². The summed E-state index contributed by atoms with van der Waals surface area (Å²) in [6.07, 6.45) is 1.59. The minimum atomic E-state index is -0.0973. The first-order chi connectivity index (χ1) is 10.2. The molecule has 6 nitrogen and oxygen atoms in total. The Balaban J connectivity index is 1.85. The summed E-state index contributed by atoms with van der Waals surface area (Å²) in [5.41, 5.74) is 1.90. The van der Waals surface area contributed by atoms with Crippen LogP contribution in [0, 0.1) is 0 Å². The summed E-state index contributed by atoms with van der Waals surface area (Å²) in [5.74, 6) is 0. The quantitative estimate of drug-likeness (QED) is 0.916. The second-order valence-electron chi connectivity index (χ2n) is 5.58. The van der Waals surface area contributed by atoms with E-state index in [4.69, 9.17) is 0 Å². The van der Waals surface area contributed by atoms with Gasteiger partial charge in [0.2, 0.25) is 0 Å². The largest absolute Gasteiger partial charge is 0.369 e. The second-order valence-corrected chi connectivity index (χ2v) is 5.58. The summed E-state index contributed by atoms with van der Waals surface area (Å²) >= 11 is 0. The highest BCUT2D eigenvalue weighted by molar-refractivity contribution is 5.51. The van der Waals surface area contributed by atoms with Gasteiger partial charge in [0.15, 0.2) is 0 Å². The van der Waals surface area contributed by atoms with Gasteiger partial charge in [0, 0.05) is 37.9 Å². The highest BCUT2D eigenvalue weighted by atomic mass is 16.2. The number of benzene rings is 1.